The summed E-state index contributed by atoms with van der Waals surface area (Å²) in [6, 6.07) is 5.23. The molecule has 1 nitrogen and oxygen atoms in total. The minimum Gasteiger partial charge on any atom is -0.310 e. The summed E-state index contributed by atoms with van der Waals surface area (Å²) in [6.45, 7) is 5.52. The van der Waals surface area contributed by atoms with Gasteiger partial charge in [0.15, 0.2) is 0 Å². The Morgan fingerprint density at radius 2 is 2.20 bits per heavy atom. The second-order valence-corrected chi connectivity index (χ2v) is 5.65. The van der Waals surface area contributed by atoms with Crippen LogP contribution in [-0.2, 0) is 6.42 Å². The standard InChI is InChI=1S/C13H21NS/c1-3-11-7-8-13(15-11)12(14-4-2)9-10-5-6-10/h7-8,10,12,14H,3-6,9H2,1-2H3. The molecule has 1 fully saturated rings. The van der Waals surface area contributed by atoms with E-state index in [-0.39, 0.29) is 0 Å². The van der Waals surface area contributed by atoms with Crippen LogP contribution < -0.4 is 5.32 Å². The van der Waals surface area contributed by atoms with E-state index in [1.54, 1.807) is 4.88 Å². The topological polar surface area (TPSA) is 12.0 Å². The summed E-state index contributed by atoms with van der Waals surface area (Å²) in [4.78, 5) is 3.06. The van der Waals surface area contributed by atoms with Crippen molar-refractivity contribution >= 4 is 11.3 Å². The summed E-state index contributed by atoms with van der Waals surface area (Å²) >= 11 is 1.99. The summed E-state index contributed by atoms with van der Waals surface area (Å²) in [5.74, 6) is 1.00. The fourth-order valence-corrected chi connectivity index (χ4v) is 3.05. The van der Waals surface area contributed by atoms with Crippen LogP contribution >= 0.6 is 11.3 Å². The smallest absolute Gasteiger partial charge is 0.0417 e. The Morgan fingerprint density at radius 1 is 1.40 bits per heavy atom. The molecule has 1 heterocycles. The number of rotatable bonds is 6. The van der Waals surface area contributed by atoms with Crippen molar-refractivity contribution in [3.8, 4) is 0 Å². The minimum atomic E-state index is 0.618. The van der Waals surface area contributed by atoms with E-state index in [0.29, 0.717) is 6.04 Å². The molecule has 1 aromatic rings. The van der Waals surface area contributed by atoms with Crippen molar-refractivity contribution < 1.29 is 0 Å². The molecule has 0 saturated heterocycles. The summed E-state index contributed by atoms with van der Waals surface area (Å²) < 4.78 is 0. The van der Waals surface area contributed by atoms with Crippen molar-refractivity contribution in [2.24, 2.45) is 5.92 Å². The van der Waals surface area contributed by atoms with Gasteiger partial charge < -0.3 is 5.32 Å². The lowest BCUT2D eigenvalue weighted by Gasteiger charge is -2.15. The van der Waals surface area contributed by atoms with Crippen molar-refractivity contribution in [1.29, 1.82) is 0 Å². The first-order valence-electron chi connectivity index (χ1n) is 6.15. The molecule has 0 bridgehead atoms. The first kappa shape index (κ1) is 11.2. The van der Waals surface area contributed by atoms with Crippen molar-refractivity contribution in [2.75, 3.05) is 6.54 Å². The lowest BCUT2D eigenvalue weighted by atomic mass is 10.1. The molecule has 1 aliphatic rings. The van der Waals surface area contributed by atoms with Gasteiger partial charge in [-0.25, -0.2) is 0 Å². The number of aryl methyl sites for hydroxylation is 1. The van der Waals surface area contributed by atoms with E-state index in [1.165, 1.54) is 30.6 Å². The molecule has 0 aromatic carbocycles. The van der Waals surface area contributed by atoms with Gasteiger partial charge in [-0.1, -0.05) is 26.7 Å². The molecule has 0 spiro atoms. The van der Waals surface area contributed by atoms with Crippen molar-refractivity contribution in [3.05, 3.63) is 21.9 Å². The Kier molecular flexibility index (Phi) is 3.81. The minimum absolute atomic E-state index is 0.618. The Morgan fingerprint density at radius 3 is 2.73 bits per heavy atom. The zero-order chi connectivity index (χ0) is 10.7. The van der Waals surface area contributed by atoms with Gasteiger partial charge in [0.1, 0.15) is 0 Å². The van der Waals surface area contributed by atoms with Gasteiger partial charge >= 0.3 is 0 Å². The third kappa shape index (κ3) is 3.05. The molecule has 1 atom stereocenters. The molecule has 1 saturated carbocycles. The van der Waals surface area contributed by atoms with Gasteiger partial charge in [-0.2, -0.15) is 0 Å². The molecule has 1 unspecified atom stereocenters. The van der Waals surface area contributed by atoms with Gasteiger partial charge in [-0.3, -0.25) is 0 Å². The summed E-state index contributed by atoms with van der Waals surface area (Å²) in [7, 11) is 0. The van der Waals surface area contributed by atoms with Crippen molar-refractivity contribution in [2.45, 2.75) is 45.6 Å². The molecule has 1 N–H and O–H groups in total. The first-order chi connectivity index (χ1) is 7.33. The normalized spacial score (nSPS) is 18.0. The maximum absolute atomic E-state index is 3.62. The highest BCUT2D eigenvalue weighted by molar-refractivity contribution is 7.12. The van der Waals surface area contributed by atoms with E-state index < -0.39 is 0 Å². The highest BCUT2D eigenvalue weighted by Gasteiger charge is 2.26. The van der Waals surface area contributed by atoms with Crippen LogP contribution in [0.2, 0.25) is 0 Å². The van der Waals surface area contributed by atoms with Gasteiger partial charge in [0.25, 0.3) is 0 Å². The molecule has 84 valence electrons. The van der Waals surface area contributed by atoms with E-state index in [1.807, 2.05) is 11.3 Å². The van der Waals surface area contributed by atoms with Crippen LogP contribution in [0.1, 0.15) is 48.9 Å². The van der Waals surface area contributed by atoms with Gasteiger partial charge in [0.2, 0.25) is 0 Å². The Hall–Kier alpha value is -0.340. The first-order valence-corrected chi connectivity index (χ1v) is 6.97. The number of thiophene rings is 1. The van der Waals surface area contributed by atoms with Crippen LogP contribution in [0, 0.1) is 5.92 Å². The summed E-state index contributed by atoms with van der Waals surface area (Å²) in [6.07, 6.45) is 5.42. The molecule has 0 amide bonds. The van der Waals surface area contributed by atoms with Crippen LogP contribution in [0.25, 0.3) is 0 Å². The second kappa shape index (κ2) is 5.13. The van der Waals surface area contributed by atoms with E-state index >= 15 is 0 Å². The molecule has 1 aromatic heterocycles. The quantitative estimate of drug-likeness (QED) is 0.774. The average molecular weight is 223 g/mol. The molecule has 15 heavy (non-hydrogen) atoms. The van der Waals surface area contributed by atoms with E-state index in [4.69, 9.17) is 0 Å². The van der Waals surface area contributed by atoms with Gasteiger partial charge in [0, 0.05) is 15.8 Å². The molecule has 2 rings (SSSR count). The third-order valence-electron chi connectivity index (χ3n) is 3.09. The van der Waals surface area contributed by atoms with Crippen molar-refractivity contribution in [3.63, 3.8) is 0 Å². The predicted molar refractivity (Wildman–Crippen MR) is 67.5 cm³/mol. The lowest BCUT2D eigenvalue weighted by molar-refractivity contribution is 0.493. The van der Waals surface area contributed by atoms with Crippen LogP contribution in [0.15, 0.2) is 12.1 Å². The maximum Gasteiger partial charge on any atom is 0.0417 e. The largest absolute Gasteiger partial charge is 0.310 e. The third-order valence-corrected chi connectivity index (χ3v) is 4.43. The molecule has 0 radical (unpaired) electrons. The lowest BCUT2D eigenvalue weighted by Crippen LogP contribution is -2.20. The monoisotopic (exact) mass is 223 g/mol. The zero-order valence-corrected chi connectivity index (χ0v) is 10.6. The fraction of sp³-hybridized carbons (Fsp3) is 0.692. The maximum atomic E-state index is 3.62. The number of hydrogen-bond acceptors (Lipinski definition) is 2. The van der Waals surface area contributed by atoms with Crippen LogP contribution in [0.4, 0.5) is 0 Å². The SMILES string of the molecule is CCNC(CC1CC1)c1ccc(CC)s1. The molecular formula is C13H21NS. The van der Waals surface area contributed by atoms with Gasteiger partial charge in [-0.05, 0) is 37.4 Å². The van der Waals surface area contributed by atoms with E-state index in [2.05, 4.69) is 31.3 Å². The van der Waals surface area contributed by atoms with Crippen LogP contribution in [0.3, 0.4) is 0 Å². The Bertz CT molecular complexity index is 301. The van der Waals surface area contributed by atoms with E-state index in [0.717, 1.165) is 12.5 Å². The van der Waals surface area contributed by atoms with E-state index in [9.17, 15) is 0 Å². The fourth-order valence-electron chi connectivity index (χ4n) is 2.01. The Labute approximate surface area is 96.9 Å². The van der Waals surface area contributed by atoms with Crippen LogP contribution in [0.5, 0.6) is 0 Å². The molecule has 0 aliphatic heterocycles. The molecule has 2 heteroatoms. The highest BCUT2D eigenvalue weighted by Crippen LogP contribution is 2.39. The Balaban J connectivity index is 2.00. The second-order valence-electron chi connectivity index (χ2n) is 4.45. The number of hydrogen-bond donors (Lipinski definition) is 1. The molecule has 1 aliphatic carbocycles. The summed E-state index contributed by atoms with van der Waals surface area (Å²) in [5.41, 5.74) is 0. The average Bonchev–Trinajstić information content (AvgIpc) is 2.94. The number of nitrogens with one attached hydrogen (secondary N) is 1. The van der Waals surface area contributed by atoms with Gasteiger partial charge in [0.05, 0.1) is 0 Å². The van der Waals surface area contributed by atoms with Crippen LogP contribution in [-0.4, -0.2) is 6.54 Å². The zero-order valence-electron chi connectivity index (χ0n) is 9.75. The molecular weight excluding hydrogens is 202 g/mol. The predicted octanol–water partition coefficient (Wildman–Crippen LogP) is 3.76. The van der Waals surface area contributed by atoms with Gasteiger partial charge in [-0.15, -0.1) is 11.3 Å². The summed E-state index contributed by atoms with van der Waals surface area (Å²) in [5, 5.41) is 3.62. The van der Waals surface area contributed by atoms with Crippen molar-refractivity contribution in [1.82, 2.24) is 5.32 Å². The highest BCUT2D eigenvalue weighted by atomic mass is 32.1.